The lowest BCUT2D eigenvalue weighted by Crippen LogP contribution is -2.26. The minimum atomic E-state index is -1.23. The number of benzene rings is 1. The normalized spacial score (nSPS) is 10.3. The van der Waals surface area contributed by atoms with Crippen LogP contribution in [0.25, 0.3) is 0 Å². The van der Waals surface area contributed by atoms with Crippen LogP contribution in [0.15, 0.2) is 34.9 Å². The molecule has 0 saturated carbocycles. The van der Waals surface area contributed by atoms with E-state index in [4.69, 9.17) is 21.1 Å². The molecule has 0 fully saturated rings. The van der Waals surface area contributed by atoms with E-state index < -0.39 is 12.0 Å². The molecule has 2 rings (SSSR count). The van der Waals surface area contributed by atoms with E-state index in [2.05, 4.69) is 18.1 Å². The number of anilines is 3. The van der Waals surface area contributed by atoms with Gasteiger partial charge in [0.15, 0.2) is 0 Å². The Morgan fingerprint density at radius 3 is 2.48 bits per heavy atom. The number of nitrogens with one attached hydrogen (secondary N) is 1. The van der Waals surface area contributed by atoms with Crippen molar-refractivity contribution < 1.29 is 19.1 Å². The summed E-state index contributed by atoms with van der Waals surface area (Å²) in [7, 11) is 3.70. The molecule has 2 amide bonds. The monoisotopic (exact) mass is 355 g/mol. The molecule has 23 heavy (non-hydrogen) atoms. The second-order valence-electron chi connectivity index (χ2n) is 4.81. The van der Waals surface area contributed by atoms with Crippen molar-refractivity contribution >= 4 is 53.5 Å². The van der Waals surface area contributed by atoms with E-state index in [0.29, 0.717) is 10.7 Å². The Balaban J connectivity index is 2.16. The number of furan rings is 1. The summed E-state index contributed by atoms with van der Waals surface area (Å²) < 4.78 is 5.76. The van der Waals surface area contributed by atoms with Gasteiger partial charge in [-0.15, -0.1) is 0 Å². The fourth-order valence-corrected chi connectivity index (χ4v) is 2.13. The molecule has 0 aliphatic rings. The van der Waals surface area contributed by atoms with Crippen LogP contribution in [0.3, 0.4) is 0 Å². The lowest BCUT2D eigenvalue weighted by molar-refractivity contribution is 0.0662. The van der Waals surface area contributed by atoms with Crippen LogP contribution in [-0.4, -0.2) is 31.2 Å². The summed E-state index contributed by atoms with van der Waals surface area (Å²) in [4.78, 5) is 24.8. The number of hydrogen-bond donors (Lipinski definition) is 3. The number of carbonyl (C=O) groups excluding carboxylic acids is 1. The van der Waals surface area contributed by atoms with Crippen LogP contribution in [0.2, 0.25) is 5.02 Å². The minimum absolute atomic E-state index is 0.193. The van der Waals surface area contributed by atoms with Gasteiger partial charge in [-0.2, -0.15) is 0 Å². The van der Waals surface area contributed by atoms with Gasteiger partial charge >= 0.3 is 12.0 Å². The Kier molecular flexibility index (Phi) is 5.07. The van der Waals surface area contributed by atoms with Crippen LogP contribution in [-0.2, 0) is 0 Å². The second-order valence-corrected chi connectivity index (χ2v) is 5.65. The van der Waals surface area contributed by atoms with Gasteiger partial charge in [-0.25, -0.2) is 13.9 Å². The van der Waals surface area contributed by atoms with Crippen LogP contribution < -0.4 is 14.5 Å². The summed E-state index contributed by atoms with van der Waals surface area (Å²) in [6.45, 7) is 0. The summed E-state index contributed by atoms with van der Waals surface area (Å²) in [5.74, 6) is -1.52. The van der Waals surface area contributed by atoms with E-state index in [0.717, 1.165) is 16.3 Å². The molecule has 0 saturated heterocycles. The molecular formula is C14H14ClN3O4S. The molecule has 1 aromatic heterocycles. The molecule has 0 unspecified atom stereocenters. The highest BCUT2D eigenvalue weighted by molar-refractivity contribution is 7.82. The topological polar surface area (TPSA) is 86.0 Å². The van der Waals surface area contributed by atoms with Gasteiger partial charge in [-0.05, 0) is 18.2 Å². The van der Waals surface area contributed by atoms with Crippen molar-refractivity contribution in [1.29, 1.82) is 0 Å². The maximum Gasteiger partial charge on any atom is 0.371 e. The van der Waals surface area contributed by atoms with Gasteiger partial charge in [0.1, 0.15) is 6.26 Å². The Morgan fingerprint density at radius 1 is 1.22 bits per heavy atom. The highest BCUT2D eigenvalue weighted by atomic mass is 35.5. The molecule has 0 radical (unpaired) electrons. The van der Waals surface area contributed by atoms with E-state index in [1.54, 1.807) is 18.2 Å². The van der Waals surface area contributed by atoms with E-state index >= 15 is 0 Å². The summed E-state index contributed by atoms with van der Waals surface area (Å²) in [6.07, 6.45) is 1.12. The van der Waals surface area contributed by atoms with Crippen LogP contribution in [0.5, 0.6) is 0 Å². The zero-order valence-corrected chi connectivity index (χ0v) is 13.9. The first-order valence-electron chi connectivity index (χ1n) is 6.37. The molecule has 0 bridgehead atoms. The molecule has 9 heteroatoms. The van der Waals surface area contributed by atoms with Gasteiger partial charge in [-0.1, -0.05) is 24.4 Å². The summed E-state index contributed by atoms with van der Waals surface area (Å²) >= 11 is 10.1. The molecule has 7 nitrogen and oxygen atoms in total. The fourth-order valence-electron chi connectivity index (χ4n) is 1.75. The highest BCUT2D eigenvalue weighted by Crippen LogP contribution is 2.26. The minimum Gasteiger partial charge on any atom is -0.475 e. The van der Waals surface area contributed by atoms with Crippen molar-refractivity contribution in [2.45, 2.75) is 0 Å². The van der Waals surface area contributed by atoms with Crippen molar-refractivity contribution in [3.63, 3.8) is 0 Å². The summed E-state index contributed by atoms with van der Waals surface area (Å²) in [6, 6.07) is 5.69. The van der Waals surface area contributed by atoms with Crippen molar-refractivity contribution in [3.8, 4) is 0 Å². The van der Waals surface area contributed by atoms with Crippen molar-refractivity contribution in [1.82, 2.24) is 0 Å². The summed E-state index contributed by atoms with van der Waals surface area (Å²) in [5, 5.41) is 11.9. The van der Waals surface area contributed by atoms with Crippen LogP contribution in [0.4, 0.5) is 21.9 Å². The average molecular weight is 356 g/mol. The van der Waals surface area contributed by atoms with Crippen LogP contribution in [0.1, 0.15) is 10.6 Å². The zero-order chi connectivity index (χ0) is 17.1. The zero-order valence-electron chi connectivity index (χ0n) is 12.3. The van der Waals surface area contributed by atoms with Gasteiger partial charge in [-0.3, -0.25) is 0 Å². The van der Waals surface area contributed by atoms with Gasteiger partial charge in [0.2, 0.25) is 5.76 Å². The number of amides is 2. The number of carboxylic acids is 1. The molecule has 2 N–H and O–H groups in total. The number of thiol groups is 1. The molecule has 0 aliphatic heterocycles. The molecule has 122 valence electrons. The van der Waals surface area contributed by atoms with Crippen molar-refractivity contribution in [2.75, 3.05) is 28.6 Å². The average Bonchev–Trinajstić information content (AvgIpc) is 2.95. The first-order chi connectivity index (χ1) is 10.8. The van der Waals surface area contributed by atoms with Gasteiger partial charge < -0.3 is 19.7 Å². The van der Waals surface area contributed by atoms with E-state index in [-0.39, 0.29) is 11.4 Å². The number of urea groups is 1. The molecule has 0 spiro atoms. The Labute approximate surface area is 143 Å². The molecule has 1 heterocycles. The number of nitrogens with zero attached hydrogens (tertiary/aromatic N) is 2. The van der Waals surface area contributed by atoms with E-state index in [1.807, 2.05) is 19.0 Å². The fraction of sp³-hybridized carbons (Fsp3) is 0.143. The lowest BCUT2D eigenvalue weighted by atomic mass is 10.2. The number of carbonyl (C=O) groups is 2. The van der Waals surface area contributed by atoms with Crippen molar-refractivity contribution in [2.24, 2.45) is 0 Å². The maximum atomic E-state index is 12.2. The Bertz CT molecular complexity index is 747. The number of halogens is 1. The molecular weight excluding hydrogens is 342 g/mol. The smallest absolute Gasteiger partial charge is 0.371 e. The first kappa shape index (κ1) is 17.0. The third-order valence-corrected chi connectivity index (χ3v) is 3.51. The first-order valence-corrected chi connectivity index (χ1v) is 7.15. The summed E-state index contributed by atoms with van der Waals surface area (Å²) in [5.41, 5.74) is 1.49. The van der Waals surface area contributed by atoms with Crippen molar-refractivity contribution in [3.05, 3.63) is 41.3 Å². The van der Waals surface area contributed by atoms with E-state index in [1.165, 1.54) is 6.07 Å². The Morgan fingerprint density at radius 2 is 1.91 bits per heavy atom. The Hall–Kier alpha value is -2.32. The molecule has 0 aliphatic carbocycles. The molecule has 2 aromatic rings. The second kappa shape index (κ2) is 6.84. The number of hydrogen-bond acceptors (Lipinski definition) is 5. The number of carboxylic acid groups (broad SMARTS) is 1. The third-order valence-electron chi connectivity index (χ3n) is 2.88. The third kappa shape index (κ3) is 4.11. The van der Waals surface area contributed by atoms with Gasteiger partial charge in [0, 0.05) is 36.6 Å². The predicted octanol–water partition coefficient (Wildman–Crippen LogP) is 3.58. The van der Waals surface area contributed by atoms with E-state index in [9.17, 15) is 9.59 Å². The molecule has 0 atom stereocenters. The predicted molar refractivity (Wildman–Crippen MR) is 91.9 cm³/mol. The standard InChI is InChI=1S/C14H14ClN3O4S/c1-17(2)10-4-8(15)3-9(5-10)16-14(21)18(23)11-6-12(13(19)20)22-7-11/h3-7,23H,1-2H3,(H,16,21)(H,19,20). The highest BCUT2D eigenvalue weighted by Gasteiger charge is 2.18. The lowest BCUT2D eigenvalue weighted by Gasteiger charge is -2.17. The quantitative estimate of drug-likeness (QED) is 0.730. The molecule has 1 aromatic carbocycles. The van der Waals surface area contributed by atoms with Gasteiger partial charge in [0.05, 0.1) is 5.69 Å². The SMILES string of the molecule is CN(C)c1cc(Cl)cc(NC(=O)N(S)c2coc(C(=O)O)c2)c1. The maximum absolute atomic E-state index is 12.2. The largest absolute Gasteiger partial charge is 0.475 e. The van der Waals surface area contributed by atoms with Gasteiger partial charge in [0.25, 0.3) is 0 Å². The van der Waals surface area contributed by atoms with Crippen LogP contribution >= 0.6 is 24.4 Å². The van der Waals surface area contributed by atoms with Crippen LogP contribution in [0, 0.1) is 0 Å². The number of aromatic carboxylic acids is 1. The number of rotatable bonds is 4.